The highest BCUT2D eigenvalue weighted by Crippen LogP contribution is 2.23. The number of H-pyrrole nitrogens is 1. The Morgan fingerprint density at radius 2 is 2.00 bits per heavy atom. The van der Waals surface area contributed by atoms with Crippen LogP contribution in [0.4, 0.5) is 4.39 Å². The normalized spacial score (nSPS) is 15.6. The lowest BCUT2D eigenvalue weighted by molar-refractivity contribution is -0.133. The Kier molecular flexibility index (Phi) is 5.54. The summed E-state index contributed by atoms with van der Waals surface area (Å²) in [4.78, 5) is 26.2. The molecular formula is C19H25FN4O2. The third kappa shape index (κ3) is 4.03. The summed E-state index contributed by atoms with van der Waals surface area (Å²) in [6, 6.07) is 6.19. The van der Waals surface area contributed by atoms with E-state index in [0.717, 1.165) is 25.9 Å². The zero-order valence-electron chi connectivity index (χ0n) is 15.2. The van der Waals surface area contributed by atoms with Gasteiger partial charge in [0.25, 0.3) is 0 Å². The lowest BCUT2D eigenvalue weighted by Crippen LogP contribution is -2.39. The van der Waals surface area contributed by atoms with Crippen LogP contribution in [0, 0.1) is 17.7 Å². The van der Waals surface area contributed by atoms with Crippen LogP contribution in [0.5, 0.6) is 0 Å². The second-order valence-electron chi connectivity index (χ2n) is 7.36. The Morgan fingerprint density at radius 3 is 2.65 bits per heavy atom. The Balaban J connectivity index is 1.68. The van der Waals surface area contributed by atoms with Gasteiger partial charge < -0.3 is 4.90 Å². The highest BCUT2D eigenvalue weighted by Gasteiger charge is 2.25. The molecule has 0 unspecified atom stereocenters. The quantitative estimate of drug-likeness (QED) is 0.891. The van der Waals surface area contributed by atoms with Gasteiger partial charge >= 0.3 is 5.69 Å². The minimum Gasteiger partial charge on any atom is -0.343 e. The molecule has 2 heterocycles. The van der Waals surface area contributed by atoms with Crippen molar-refractivity contribution in [1.82, 2.24) is 19.7 Å². The number of likely N-dealkylation sites (tertiary alicyclic amines) is 1. The summed E-state index contributed by atoms with van der Waals surface area (Å²) in [5.74, 6) is 0.971. The summed E-state index contributed by atoms with van der Waals surface area (Å²) in [5, 5.41) is 6.53. The van der Waals surface area contributed by atoms with E-state index in [1.807, 2.05) is 18.7 Å². The largest absolute Gasteiger partial charge is 0.348 e. The topological polar surface area (TPSA) is 71.0 Å². The van der Waals surface area contributed by atoms with Gasteiger partial charge in [-0.25, -0.2) is 18.9 Å². The maximum atomic E-state index is 14.1. The molecule has 6 nitrogen and oxygen atoms in total. The Labute approximate surface area is 152 Å². The smallest absolute Gasteiger partial charge is 0.343 e. The highest BCUT2D eigenvalue weighted by molar-refractivity contribution is 5.76. The number of carbonyl (C=O) groups excluding carboxylic acids is 1. The van der Waals surface area contributed by atoms with Crippen molar-refractivity contribution in [3.05, 3.63) is 46.4 Å². The van der Waals surface area contributed by atoms with Gasteiger partial charge in [0, 0.05) is 25.9 Å². The van der Waals surface area contributed by atoms with E-state index < -0.39 is 11.5 Å². The first-order chi connectivity index (χ1) is 12.5. The molecular weight excluding hydrogens is 335 g/mol. The molecule has 1 aliphatic heterocycles. The molecule has 3 rings (SSSR count). The van der Waals surface area contributed by atoms with E-state index in [0.29, 0.717) is 30.5 Å². The van der Waals surface area contributed by atoms with Gasteiger partial charge in [0.2, 0.25) is 5.91 Å². The van der Waals surface area contributed by atoms with Gasteiger partial charge in [0.1, 0.15) is 11.6 Å². The lowest BCUT2D eigenvalue weighted by Gasteiger charge is -2.32. The fraction of sp³-hybridized carbons (Fsp3) is 0.526. The number of halogens is 1. The summed E-state index contributed by atoms with van der Waals surface area (Å²) >= 11 is 0. The molecule has 1 amide bonds. The molecule has 2 aromatic rings. The fourth-order valence-corrected chi connectivity index (χ4v) is 3.47. The van der Waals surface area contributed by atoms with Crippen molar-refractivity contribution >= 4 is 5.91 Å². The second-order valence-corrected chi connectivity index (χ2v) is 7.36. The van der Waals surface area contributed by atoms with Crippen molar-refractivity contribution in [2.24, 2.45) is 11.8 Å². The number of aromatic amines is 1. The van der Waals surface area contributed by atoms with Crippen molar-refractivity contribution in [2.75, 3.05) is 13.1 Å². The van der Waals surface area contributed by atoms with Crippen molar-refractivity contribution in [3.8, 4) is 5.69 Å². The molecule has 1 aliphatic rings. The summed E-state index contributed by atoms with van der Waals surface area (Å²) in [6.07, 6.45) is 2.89. The molecule has 26 heavy (non-hydrogen) atoms. The van der Waals surface area contributed by atoms with Crippen LogP contribution in [0.1, 0.15) is 38.9 Å². The highest BCUT2D eigenvalue weighted by atomic mass is 19.1. The molecule has 1 fully saturated rings. The Bertz CT molecular complexity index is 819. The molecule has 0 spiro atoms. The maximum absolute atomic E-state index is 14.1. The number of nitrogens with zero attached hydrogens (tertiary/aromatic N) is 3. The number of carbonyl (C=O) groups is 1. The van der Waals surface area contributed by atoms with Gasteiger partial charge in [-0.2, -0.15) is 5.10 Å². The number of rotatable bonds is 5. The molecule has 0 radical (unpaired) electrons. The van der Waals surface area contributed by atoms with Crippen molar-refractivity contribution in [1.29, 1.82) is 0 Å². The number of amides is 1. The predicted octanol–water partition coefficient (Wildman–Crippen LogP) is 2.53. The average Bonchev–Trinajstić information content (AvgIpc) is 2.96. The first-order valence-electron chi connectivity index (χ1n) is 9.14. The number of piperidine rings is 1. The average molecular weight is 360 g/mol. The van der Waals surface area contributed by atoms with Crippen LogP contribution in [0.25, 0.3) is 5.69 Å². The van der Waals surface area contributed by atoms with Crippen LogP contribution in [0.3, 0.4) is 0 Å². The van der Waals surface area contributed by atoms with Crippen molar-refractivity contribution < 1.29 is 9.18 Å². The summed E-state index contributed by atoms with van der Waals surface area (Å²) < 4.78 is 15.4. The van der Waals surface area contributed by atoms with E-state index in [1.165, 1.54) is 10.6 Å². The van der Waals surface area contributed by atoms with E-state index >= 15 is 0 Å². The molecule has 1 aromatic carbocycles. The molecule has 7 heteroatoms. The number of nitrogens with one attached hydrogen (secondary N) is 1. The molecule has 140 valence electrons. The third-order valence-corrected chi connectivity index (χ3v) is 4.86. The van der Waals surface area contributed by atoms with Gasteiger partial charge in [0.05, 0.1) is 5.69 Å². The van der Waals surface area contributed by atoms with Crippen molar-refractivity contribution in [3.63, 3.8) is 0 Å². The van der Waals surface area contributed by atoms with Crippen LogP contribution in [0.15, 0.2) is 29.1 Å². The van der Waals surface area contributed by atoms with Gasteiger partial charge in [-0.05, 0) is 36.8 Å². The van der Waals surface area contributed by atoms with Crippen LogP contribution < -0.4 is 5.69 Å². The van der Waals surface area contributed by atoms with Crippen LogP contribution in [0.2, 0.25) is 0 Å². The van der Waals surface area contributed by atoms with E-state index in [9.17, 15) is 14.0 Å². The standard InChI is InChI=1S/C19H25FN4O2/c1-13(2)11-18(25)23-9-7-14(8-10-23)12-17-21-22-19(26)24(17)16-6-4-3-5-15(16)20/h3-6,13-14H,7-12H2,1-2H3,(H,22,26). The molecule has 1 saturated heterocycles. The number of para-hydroxylation sites is 1. The van der Waals surface area contributed by atoms with Gasteiger partial charge in [0.15, 0.2) is 0 Å². The van der Waals surface area contributed by atoms with E-state index in [4.69, 9.17) is 0 Å². The number of hydrogen-bond acceptors (Lipinski definition) is 3. The molecule has 1 N–H and O–H groups in total. The van der Waals surface area contributed by atoms with E-state index in [1.54, 1.807) is 18.2 Å². The number of hydrogen-bond donors (Lipinski definition) is 1. The Morgan fingerprint density at radius 1 is 1.31 bits per heavy atom. The van der Waals surface area contributed by atoms with Crippen LogP contribution in [-0.2, 0) is 11.2 Å². The third-order valence-electron chi connectivity index (χ3n) is 4.86. The zero-order valence-corrected chi connectivity index (χ0v) is 15.2. The van der Waals surface area contributed by atoms with Crippen LogP contribution >= 0.6 is 0 Å². The predicted molar refractivity (Wildman–Crippen MR) is 96.6 cm³/mol. The molecule has 0 atom stereocenters. The first-order valence-corrected chi connectivity index (χ1v) is 9.14. The number of aromatic nitrogens is 3. The fourth-order valence-electron chi connectivity index (χ4n) is 3.47. The monoisotopic (exact) mass is 360 g/mol. The molecule has 0 aliphatic carbocycles. The van der Waals surface area contributed by atoms with Gasteiger partial charge in [-0.15, -0.1) is 0 Å². The number of benzene rings is 1. The van der Waals surface area contributed by atoms with E-state index in [-0.39, 0.29) is 11.6 Å². The Hall–Kier alpha value is -2.44. The first kappa shape index (κ1) is 18.4. The minimum absolute atomic E-state index is 0.210. The van der Waals surface area contributed by atoms with Crippen LogP contribution in [-0.4, -0.2) is 38.7 Å². The SMILES string of the molecule is CC(C)CC(=O)N1CCC(Cc2n[nH]c(=O)n2-c2ccccc2F)CC1. The molecule has 1 aromatic heterocycles. The van der Waals surface area contributed by atoms with Crippen molar-refractivity contribution in [2.45, 2.75) is 39.5 Å². The lowest BCUT2D eigenvalue weighted by atomic mass is 9.92. The zero-order chi connectivity index (χ0) is 18.7. The van der Waals surface area contributed by atoms with Gasteiger partial charge in [-0.3, -0.25) is 4.79 Å². The van der Waals surface area contributed by atoms with Gasteiger partial charge in [-0.1, -0.05) is 26.0 Å². The maximum Gasteiger partial charge on any atom is 0.348 e. The molecule has 0 bridgehead atoms. The minimum atomic E-state index is -0.452. The summed E-state index contributed by atoms with van der Waals surface area (Å²) in [5.41, 5.74) is -0.222. The molecule has 0 saturated carbocycles. The summed E-state index contributed by atoms with van der Waals surface area (Å²) in [7, 11) is 0. The second kappa shape index (κ2) is 7.85. The van der Waals surface area contributed by atoms with E-state index in [2.05, 4.69) is 10.2 Å². The summed E-state index contributed by atoms with van der Waals surface area (Å²) in [6.45, 7) is 5.55.